The lowest BCUT2D eigenvalue weighted by Gasteiger charge is -2.41. The second-order valence-corrected chi connectivity index (χ2v) is 5.96. The van der Waals surface area contributed by atoms with Crippen LogP contribution in [0.3, 0.4) is 0 Å². The number of rotatable bonds is 2. The molecule has 3 aliphatic rings. The Hall–Kier alpha value is -1.80. The summed E-state index contributed by atoms with van der Waals surface area (Å²) in [4.78, 5) is 49.0. The summed E-state index contributed by atoms with van der Waals surface area (Å²) in [7, 11) is 0. The van der Waals surface area contributed by atoms with Crippen LogP contribution >= 0.6 is 0 Å². The lowest BCUT2D eigenvalue weighted by Crippen LogP contribution is -2.53. The summed E-state index contributed by atoms with van der Waals surface area (Å²) in [6.45, 7) is 0.594. The fourth-order valence-electron chi connectivity index (χ4n) is 3.46. The van der Waals surface area contributed by atoms with Crippen molar-refractivity contribution in [2.75, 3.05) is 26.2 Å². The van der Waals surface area contributed by atoms with Gasteiger partial charge < -0.3 is 9.47 Å². The molecule has 0 aromatic carbocycles. The first-order valence-corrected chi connectivity index (χ1v) is 7.46. The maximum Gasteiger partial charge on any atom is 0.327 e. The number of hydrogen-bond donors (Lipinski definition) is 0. The van der Waals surface area contributed by atoms with Crippen molar-refractivity contribution in [2.24, 2.45) is 0 Å². The van der Waals surface area contributed by atoms with E-state index in [1.54, 1.807) is 0 Å². The van der Waals surface area contributed by atoms with Crippen LogP contribution in [0.15, 0.2) is 0 Å². The van der Waals surface area contributed by atoms with Gasteiger partial charge in [0.05, 0.1) is 26.2 Å². The number of esters is 4. The molecule has 0 aromatic rings. The van der Waals surface area contributed by atoms with Crippen LogP contribution in [0, 0.1) is 0 Å². The molecule has 3 fully saturated rings. The fraction of sp³-hybridized carbons (Fsp3) is 0.714. The molecule has 0 N–H and O–H groups in total. The predicted molar refractivity (Wildman–Crippen MR) is 71.4 cm³/mol. The van der Waals surface area contributed by atoms with E-state index in [4.69, 9.17) is 0 Å². The van der Waals surface area contributed by atoms with Gasteiger partial charge in [-0.15, -0.1) is 0 Å². The van der Waals surface area contributed by atoms with E-state index >= 15 is 0 Å². The Morgan fingerprint density at radius 1 is 0.591 bits per heavy atom. The van der Waals surface area contributed by atoms with E-state index in [1.165, 1.54) is 0 Å². The largest absolute Gasteiger partial charge is 0.391 e. The minimum Gasteiger partial charge on any atom is -0.391 e. The number of ether oxygens (including phenoxy) is 2. The molecule has 0 unspecified atom stereocenters. The fourth-order valence-corrected chi connectivity index (χ4v) is 3.46. The van der Waals surface area contributed by atoms with E-state index in [9.17, 15) is 19.2 Å². The Morgan fingerprint density at radius 2 is 0.864 bits per heavy atom. The summed E-state index contributed by atoms with van der Waals surface area (Å²) in [6, 6.07) is 0.334. The highest BCUT2D eigenvalue weighted by molar-refractivity contribution is 5.90. The van der Waals surface area contributed by atoms with Crippen molar-refractivity contribution in [3.8, 4) is 0 Å². The first kappa shape index (κ1) is 15.1. The van der Waals surface area contributed by atoms with Crippen LogP contribution in [-0.2, 0) is 28.7 Å². The van der Waals surface area contributed by atoms with Crippen LogP contribution in [0.25, 0.3) is 0 Å². The summed E-state index contributed by atoms with van der Waals surface area (Å²) < 4.78 is 9.06. The highest BCUT2D eigenvalue weighted by Crippen LogP contribution is 2.28. The van der Waals surface area contributed by atoms with Crippen molar-refractivity contribution < 1.29 is 28.7 Å². The van der Waals surface area contributed by atoms with E-state index in [2.05, 4.69) is 9.47 Å². The molecule has 0 radical (unpaired) electrons. The third-order valence-electron chi connectivity index (χ3n) is 4.48. The first-order valence-electron chi connectivity index (χ1n) is 7.46. The Kier molecular flexibility index (Phi) is 4.21. The molecule has 8 nitrogen and oxygen atoms in total. The molecule has 3 rings (SSSR count). The van der Waals surface area contributed by atoms with Gasteiger partial charge in [-0.2, -0.15) is 0 Å². The van der Waals surface area contributed by atoms with Gasteiger partial charge in [0.1, 0.15) is 0 Å². The molecule has 0 spiro atoms. The number of carbonyl (C=O) groups excluding carboxylic acids is 4. The van der Waals surface area contributed by atoms with Gasteiger partial charge in [0.2, 0.25) is 0 Å². The summed E-state index contributed by atoms with van der Waals surface area (Å²) in [6.07, 6.45) is 3.30. The van der Waals surface area contributed by atoms with Gasteiger partial charge in [-0.05, 0) is 25.7 Å². The van der Waals surface area contributed by atoms with Gasteiger partial charge in [0, 0.05) is 12.1 Å². The quantitative estimate of drug-likeness (QED) is 0.477. The van der Waals surface area contributed by atoms with Gasteiger partial charge in [-0.3, -0.25) is 29.0 Å². The van der Waals surface area contributed by atoms with E-state index in [0.29, 0.717) is 0 Å². The molecule has 2 saturated heterocycles. The molecule has 2 aliphatic heterocycles. The van der Waals surface area contributed by atoms with Crippen molar-refractivity contribution in [2.45, 2.75) is 37.8 Å². The zero-order valence-electron chi connectivity index (χ0n) is 12.2. The second-order valence-electron chi connectivity index (χ2n) is 5.96. The van der Waals surface area contributed by atoms with Crippen LogP contribution in [0.2, 0.25) is 0 Å². The van der Waals surface area contributed by atoms with E-state index in [1.807, 2.05) is 9.80 Å². The van der Waals surface area contributed by atoms with E-state index < -0.39 is 23.9 Å². The lowest BCUT2D eigenvalue weighted by molar-refractivity contribution is -0.171. The van der Waals surface area contributed by atoms with Crippen molar-refractivity contribution in [3.63, 3.8) is 0 Å². The van der Waals surface area contributed by atoms with Gasteiger partial charge in [-0.25, -0.2) is 0 Å². The number of nitrogens with zero attached hydrogens (tertiary/aromatic N) is 2. The Bertz CT molecular complexity index is 433. The van der Waals surface area contributed by atoms with Crippen LogP contribution in [-0.4, -0.2) is 71.9 Å². The van der Waals surface area contributed by atoms with Crippen molar-refractivity contribution in [1.29, 1.82) is 0 Å². The van der Waals surface area contributed by atoms with Gasteiger partial charge in [0.25, 0.3) is 0 Å². The number of cyclic esters (lactones) is 4. The molecule has 0 atom stereocenters. The second kappa shape index (κ2) is 6.13. The van der Waals surface area contributed by atoms with E-state index in [-0.39, 0.29) is 38.3 Å². The standard InChI is InChI=1S/C14H18N2O6/c17-11-5-15(6-12(18)21-11)9-1-2-10(4-3-9)16-7-13(19)22-14(20)8-16/h9-10H,1-8H2. The Morgan fingerprint density at radius 3 is 1.14 bits per heavy atom. The van der Waals surface area contributed by atoms with Crippen LogP contribution in [0.4, 0.5) is 0 Å². The van der Waals surface area contributed by atoms with Crippen LogP contribution in [0.1, 0.15) is 25.7 Å². The molecule has 1 saturated carbocycles. The molecule has 0 bridgehead atoms. The minimum absolute atomic E-state index is 0.148. The predicted octanol–water partition coefficient (Wildman–Crippen LogP) is -0.932. The highest BCUT2D eigenvalue weighted by Gasteiger charge is 2.36. The van der Waals surface area contributed by atoms with Gasteiger partial charge in [-0.1, -0.05) is 0 Å². The molecule has 0 amide bonds. The molecule has 1 aliphatic carbocycles. The molecular formula is C14H18N2O6. The molecule has 0 aromatic heterocycles. The third kappa shape index (κ3) is 3.33. The third-order valence-corrected chi connectivity index (χ3v) is 4.48. The summed E-state index contributed by atoms with van der Waals surface area (Å²) in [5, 5.41) is 0. The zero-order chi connectivity index (χ0) is 15.7. The molecule has 120 valence electrons. The molecule has 2 heterocycles. The smallest absolute Gasteiger partial charge is 0.327 e. The van der Waals surface area contributed by atoms with Gasteiger partial charge in [0.15, 0.2) is 0 Å². The Balaban J connectivity index is 1.54. The zero-order valence-corrected chi connectivity index (χ0v) is 12.2. The van der Waals surface area contributed by atoms with Crippen molar-refractivity contribution in [3.05, 3.63) is 0 Å². The number of carbonyl (C=O) groups is 4. The monoisotopic (exact) mass is 310 g/mol. The average molecular weight is 310 g/mol. The number of hydrogen-bond acceptors (Lipinski definition) is 8. The molecular weight excluding hydrogens is 292 g/mol. The summed E-state index contributed by atoms with van der Waals surface area (Å²) in [5.74, 6) is -1.99. The van der Waals surface area contributed by atoms with E-state index in [0.717, 1.165) is 25.7 Å². The van der Waals surface area contributed by atoms with Crippen molar-refractivity contribution >= 4 is 23.9 Å². The SMILES string of the molecule is O=C1CN(C2CCC(N3CC(=O)OC(=O)C3)CC2)CC(=O)O1. The maximum atomic E-state index is 11.3. The first-order chi connectivity index (χ1) is 10.5. The molecule has 22 heavy (non-hydrogen) atoms. The van der Waals surface area contributed by atoms with Crippen LogP contribution < -0.4 is 0 Å². The highest BCUT2D eigenvalue weighted by atomic mass is 16.6. The summed E-state index contributed by atoms with van der Waals surface area (Å²) in [5.41, 5.74) is 0. The maximum absolute atomic E-state index is 11.3. The number of morpholine rings is 2. The minimum atomic E-state index is -0.497. The average Bonchev–Trinajstić information content (AvgIpc) is 2.45. The van der Waals surface area contributed by atoms with Gasteiger partial charge >= 0.3 is 23.9 Å². The topological polar surface area (TPSA) is 93.2 Å². The van der Waals surface area contributed by atoms with Crippen molar-refractivity contribution in [1.82, 2.24) is 9.80 Å². The Labute approximate surface area is 127 Å². The lowest BCUT2D eigenvalue weighted by atomic mass is 9.88. The normalized spacial score (nSPS) is 31.8. The molecule has 8 heteroatoms. The summed E-state index contributed by atoms with van der Waals surface area (Å²) >= 11 is 0. The van der Waals surface area contributed by atoms with Crippen LogP contribution in [0.5, 0.6) is 0 Å².